The van der Waals surface area contributed by atoms with Gasteiger partial charge in [0.2, 0.25) is 0 Å². The summed E-state index contributed by atoms with van der Waals surface area (Å²) in [6, 6.07) is 21.9. The SMILES string of the molecule is Cc1cccc(OCC(=O)N(Cc2ccccc2)c2nc3c(C)c(C)ccc3s2)c1. The zero-order valence-corrected chi connectivity index (χ0v) is 18.2. The minimum absolute atomic E-state index is 0.0375. The van der Waals surface area contributed by atoms with Crippen molar-refractivity contribution in [2.24, 2.45) is 0 Å². The van der Waals surface area contributed by atoms with Gasteiger partial charge in [0.1, 0.15) is 5.75 Å². The van der Waals surface area contributed by atoms with Gasteiger partial charge in [-0.1, -0.05) is 59.9 Å². The molecule has 0 aliphatic heterocycles. The Balaban J connectivity index is 1.64. The molecule has 0 spiro atoms. The van der Waals surface area contributed by atoms with Crippen molar-refractivity contribution in [3.8, 4) is 5.75 Å². The largest absolute Gasteiger partial charge is 0.484 e. The van der Waals surface area contributed by atoms with Gasteiger partial charge in [0.25, 0.3) is 5.91 Å². The third kappa shape index (κ3) is 4.36. The van der Waals surface area contributed by atoms with Crippen molar-refractivity contribution < 1.29 is 9.53 Å². The number of ether oxygens (including phenoxy) is 1. The van der Waals surface area contributed by atoms with Gasteiger partial charge >= 0.3 is 0 Å². The van der Waals surface area contributed by atoms with Crippen LogP contribution in [-0.2, 0) is 11.3 Å². The van der Waals surface area contributed by atoms with Gasteiger partial charge in [0.15, 0.2) is 11.7 Å². The molecule has 4 rings (SSSR count). The first kappa shape index (κ1) is 20.1. The summed E-state index contributed by atoms with van der Waals surface area (Å²) < 4.78 is 6.87. The molecule has 152 valence electrons. The summed E-state index contributed by atoms with van der Waals surface area (Å²) in [7, 11) is 0. The fourth-order valence-electron chi connectivity index (χ4n) is 3.29. The van der Waals surface area contributed by atoms with E-state index >= 15 is 0 Å². The molecule has 0 fully saturated rings. The number of amides is 1. The topological polar surface area (TPSA) is 42.4 Å². The number of thiazole rings is 1. The lowest BCUT2D eigenvalue weighted by Gasteiger charge is -2.20. The van der Waals surface area contributed by atoms with E-state index in [4.69, 9.17) is 9.72 Å². The Kier molecular flexibility index (Phi) is 5.81. The van der Waals surface area contributed by atoms with E-state index < -0.39 is 0 Å². The van der Waals surface area contributed by atoms with Gasteiger partial charge in [-0.2, -0.15) is 0 Å². The van der Waals surface area contributed by atoms with Crippen LogP contribution in [0.3, 0.4) is 0 Å². The Bertz CT molecular complexity index is 1180. The summed E-state index contributed by atoms with van der Waals surface area (Å²) in [6.45, 7) is 6.57. The summed E-state index contributed by atoms with van der Waals surface area (Å²) in [5, 5.41) is 0.695. The Morgan fingerprint density at radius 2 is 1.80 bits per heavy atom. The Hall–Kier alpha value is -3.18. The van der Waals surface area contributed by atoms with E-state index in [-0.39, 0.29) is 12.5 Å². The highest BCUT2D eigenvalue weighted by atomic mass is 32.1. The molecule has 1 aromatic heterocycles. The summed E-state index contributed by atoms with van der Waals surface area (Å²) in [4.78, 5) is 19.8. The molecule has 0 aliphatic carbocycles. The van der Waals surface area contributed by atoms with E-state index in [0.717, 1.165) is 26.9 Å². The molecule has 0 saturated heterocycles. The van der Waals surface area contributed by atoms with Gasteiger partial charge in [0, 0.05) is 0 Å². The highest BCUT2D eigenvalue weighted by Crippen LogP contribution is 2.32. The summed E-state index contributed by atoms with van der Waals surface area (Å²) in [5.74, 6) is 0.576. The predicted octanol–water partition coefficient (Wildman–Crippen LogP) is 5.83. The smallest absolute Gasteiger partial charge is 0.267 e. The minimum Gasteiger partial charge on any atom is -0.484 e. The Morgan fingerprint density at radius 1 is 1.00 bits per heavy atom. The van der Waals surface area contributed by atoms with Gasteiger partial charge < -0.3 is 4.74 Å². The normalized spacial score (nSPS) is 10.9. The quantitative estimate of drug-likeness (QED) is 0.397. The zero-order valence-electron chi connectivity index (χ0n) is 17.4. The van der Waals surface area contributed by atoms with Crippen LogP contribution in [-0.4, -0.2) is 17.5 Å². The monoisotopic (exact) mass is 416 g/mol. The third-order valence-electron chi connectivity index (χ3n) is 5.14. The van der Waals surface area contributed by atoms with Crippen molar-refractivity contribution in [2.75, 3.05) is 11.5 Å². The predicted molar refractivity (Wildman–Crippen MR) is 123 cm³/mol. The first-order chi connectivity index (χ1) is 14.5. The number of carbonyl (C=O) groups is 1. The average molecular weight is 417 g/mol. The van der Waals surface area contributed by atoms with Crippen LogP contribution in [0.15, 0.2) is 66.7 Å². The minimum atomic E-state index is -0.117. The molecule has 0 unspecified atom stereocenters. The van der Waals surface area contributed by atoms with Crippen LogP contribution >= 0.6 is 11.3 Å². The van der Waals surface area contributed by atoms with E-state index in [1.165, 1.54) is 16.9 Å². The second kappa shape index (κ2) is 8.67. The number of aromatic nitrogens is 1. The number of carbonyl (C=O) groups excluding carboxylic acids is 1. The number of benzene rings is 3. The molecule has 0 atom stereocenters. The van der Waals surface area contributed by atoms with Crippen LogP contribution < -0.4 is 9.64 Å². The fourth-order valence-corrected chi connectivity index (χ4v) is 4.33. The molecule has 0 aliphatic rings. The summed E-state index contributed by atoms with van der Waals surface area (Å²) in [5.41, 5.74) is 5.45. The second-order valence-electron chi connectivity index (χ2n) is 7.42. The van der Waals surface area contributed by atoms with Gasteiger partial charge in [-0.3, -0.25) is 9.69 Å². The zero-order chi connectivity index (χ0) is 21.1. The van der Waals surface area contributed by atoms with Crippen molar-refractivity contribution in [3.05, 3.63) is 89.0 Å². The second-order valence-corrected chi connectivity index (χ2v) is 8.43. The van der Waals surface area contributed by atoms with Crippen molar-refractivity contribution in [1.29, 1.82) is 0 Å². The Labute approximate surface area is 180 Å². The van der Waals surface area contributed by atoms with Gasteiger partial charge in [0.05, 0.1) is 16.8 Å². The third-order valence-corrected chi connectivity index (χ3v) is 6.18. The van der Waals surface area contributed by atoms with Crippen LogP contribution in [0.1, 0.15) is 22.3 Å². The van der Waals surface area contributed by atoms with Crippen LogP contribution in [0.4, 0.5) is 5.13 Å². The molecule has 3 aromatic carbocycles. The first-order valence-electron chi connectivity index (χ1n) is 9.92. The molecule has 1 amide bonds. The molecule has 4 aromatic rings. The number of anilines is 1. The summed E-state index contributed by atoms with van der Waals surface area (Å²) >= 11 is 1.54. The molecule has 30 heavy (non-hydrogen) atoms. The molecular weight excluding hydrogens is 392 g/mol. The Morgan fingerprint density at radius 3 is 2.57 bits per heavy atom. The number of fused-ring (bicyclic) bond motifs is 1. The summed E-state index contributed by atoms with van der Waals surface area (Å²) in [6.07, 6.45) is 0. The maximum Gasteiger partial charge on any atom is 0.267 e. The van der Waals surface area contributed by atoms with E-state index in [9.17, 15) is 4.79 Å². The molecule has 4 nitrogen and oxygen atoms in total. The highest BCUT2D eigenvalue weighted by molar-refractivity contribution is 7.22. The average Bonchev–Trinajstić information content (AvgIpc) is 3.18. The van der Waals surface area contributed by atoms with Crippen molar-refractivity contribution in [3.63, 3.8) is 0 Å². The fraction of sp³-hybridized carbons (Fsp3) is 0.200. The number of hydrogen-bond acceptors (Lipinski definition) is 4. The first-order valence-corrected chi connectivity index (χ1v) is 10.7. The lowest BCUT2D eigenvalue weighted by Crippen LogP contribution is -2.34. The number of nitrogens with zero attached hydrogens (tertiary/aromatic N) is 2. The molecule has 0 saturated carbocycles. The molecule has 0 radical (unpaired) electrons. The van der Waals surface area contributed by atoms with Gasteiger partial charge in [-0.25, -0.2) is 4.98 Å². The van der Waals surface area contributed by atoms with Crippen molar-refractivity contribution in [2.45, 2.75) is 27.3 Å². The lowest BCUT2D eigenvalue weighted by atomic mass is 10.1. The standard InChI is InChI=1S/C25H24N2O2S/c1-17-8-7-11-21(14-17)29-16-23(28)27(15-20-9-5-4-6-10-20)25-26-24-19(3)18(2)12-13-22(24)30-25/h4-14H,15-16H2,1-3H3. The number of aryl methyl sites for hydroxylation is 3. The lowest BCUT2D eigenvalue weighted by molar-refractivity contribution is -0.120. The van der Waals surface area contributed by atoms with Crippen LogP contribution in [0.5, 0.6) is 5.75 Å². The van der Waals surface area contributed by atoms with E-state index in [2.05, 4.69) is 26.0 Å². The van der Waals surface area contributed by atoms with Gasteiger partial charge in [-0.15, -0.1) is 0 Å². The molecule has 5 heteroatoms. The van der Waals surface area contributed by atoms with Crippen LogP contribution in [0.25, 0.3) is 10.2 Å². The molecular formula is C25H24N2O2S. The highest BCUT2D eigenvalue weighted by Gasteiger charge is 2.21. The van der Waals surface area contributed by atoms with Crippen molar-refractivity contribution >= 4 is 32.6 Å². The number of rotatable bonds is 6. The van der Waals surface area contributed by atoms with Crippen LogP contribution in [0.2, 0.25) is 0 Å². The van der Waals surface area contributed by atoms with Gasteiger partial charge in [-0.05, 0) is 61.2 Å². The van der Waals surface area contributed by atoms with E-state index in [1.807, 2.05) is 61.5 Å². The molecule has 0 bridgehead atoms. The number of hydrogen-bond donors (Lipinski definition) is 0. The maximum atomic E-state index is 13.2. The molecule has 1 heterocycles. The van der Waals surface area contributed by atoms with E-state index in [1.54, 1.807) is 4.90 Å². The van der Waals surface area contributed by atoms with E-state index in [0.29, 0.717) is 17.4 Å². The van der Waals surface area contributed by atoms with Crippen LogP contribution in [0, 0.1) is 20.8 Å². The molecule has 0 N–H and O–H groups in total. The maximum absolute atomic E-state index is 13.2. The van der Waals surface area contributed by atoms with Crippen molar-refractivity contribution in [1.82, 2.24) is 4.98 Å².